The van der Waals surface area contributed by atoms with Crippen LogP contribution in [0.4, 0.5) is 4.39 Å². The van der Waals surface area contributed by atoms with Crippen molar-refractivity contribution in [2.75, 3.05) is 0 Å². The number of carbonyl (C=O) groups is 1. The molecule has 1 amide bonds. The number of nitrogens with zero attached hydrogens (tertiary/aromatic N) is 1. The van der Waals surface area contributed by atoms with Crippen LogP contribution in [0.2, 0.25) is 0 Å². The van der Waals surface area contributed by atoms with Gasteiger partial charge in [-0.3, -0.25) is 9.10 Å². The molecule has 0 radical (unpaired) electrons. The van der Waals surface area contributed by atoms with E-state index in [-0.39, 0.29) is 17.0 Å². The van der Waals surface area contributed by atoms with Crippen molar-refractivity contribution >= 4 is 21.7 Å². The van der Waals surface area contributed by atoms with Crippen LogP contribution in [0, 0.1) is 5.82 Å². The summed E-state index contributed by atoms with van der Waals surface area (Å²) in [6, 6.07) is 10.9. The summed E-state index contributed by atoms with van der Waals surface area (Å²) in [6.45, 7) is -0.265. The minimum Gasteiger partial charge on any atom is -0.505 e. The first-order valence-electron chi connectivity index (χ1n) is 6.92. The fourth-order valence-corrected chi connectivity index (χ4v) is 4.20. The Morgan fingerprint density at radius 2 is 1.75 bits per heavy atom. The number of fused-ring (bicyclic) bond motifs is 1. The highest BCUT2D eigenvalue weighted by Crippen LogP contribution is 2.36. The molecule has 0 bridgehead atoms. The van der Waals surface area contributed by atoms with Crippen molar-refractivity contribution in [3.05, 3.63) is 71.2 Å². The number of amides is 1. The minimum absolute atomic E-state index is 0.0154. The summed E-state index contributed by atoms with van der Waals surface area (Å²) in [5.41, 5.74) is 5.22. The van der Waals surface area contributed by atoms with Gasteiger partial charge in [0.1, 0.15) is 5.82 Å². The number of hydrogen-bond acceptors (Lipinski definition) is 4. The number of carbonyl (C=O) groups excluding carboxylic acids is 1. The van der Waals surface area contributed by atoms with Crippen molar-refractivity contribution in [2.45, 2.75) is 11.4 Å². The first-order valence-corrected chi connectivity index (χ1v) is 8.36. The van der Waals surface area contributed by atoms with Crippen LogP contribution < -0.4 is 5.73 Å². The Hall–Kier alpha value is -2.87. The zero-order chi connectivity index (χ0) is 17.5. The van der Waals surface area contributed by atoms with Gasteiger partial charge in [-0.15, -0.1) is 0 Å². The third-order valence-corrected chi connectivity index (χ3v) is 5.46. The van der Waals surface area contributed by atoms with E-state index in [1.165, 1.54) is 42.5 Å². The lowest BCUT2D eigenvalue weighted by molar-refractivity contribution is -0.115. The quantitative estimate of drug-likeness (QED) is 0.882. The smallest absolute Gasteiger partial charge is 0.269 e. The molecule has 2 aromatic carbocycles. The molecule has 0 atom stereocenters. The predicted octanol–water partition coefficient (Wildman–Crippen LogP) is 1.74. The van der Waals surface area contributed by atoms with Gasteiger partial charge < -0.3 is 10.8 Å². The van der Waals surface area contributed by atoms with Gasteiger partial charge in [0.25, 0.3) is 15.9 Å². The van der Waals surface area contributed by atoms with E-state index in [9.17, 15) is 22.7 Å². The summed E-state index contributed by atoms with van der Waals surface area (Å²) in [4.78, 5) is 11.6. The molecule has 2 aromatic rings. The van der Waals surface area contributed by atoms with Crippen LogP contribution >= 0.6 is 0 Å². The molecule has 3 rings (SSSR count). The van der Waals surface area contributed by atoms with Crippen LogP contribution in [0.3, 0.4) is 0 Å². The van der Waals surface area contributed by atoms with Crippen molar-refractivity contribution in [1.82, 2.24) is 4.31 Å². The monoisotopic (exact) mass is 348 g/mol. The molecule has 3 N–H and O–H groups in total. The molecule has 0 aliphatic carbocycles. The number of halogens is 1. The molecule has 0 spiro atoms. The summed E-state index contributed by atoms with van der Waals surface area (Å²) in [6.07, 6.45) is 0. The summed E-state index contributed by atoms with van der Waals surface area (Å²) >= 11 is 0. The van der Waals surface area contributed by atoms with E-state index in [4.69, 9.17) is 5.73 Å². The number of rotatable bonds is 3. The second kappa shape index (κ2) is 5.64. The van der Waals surface area contributed by atoms with E-state index in [2.05, 4.69) is 0 Å². The third kappa shape index (κ3) is 2.50. The Labute approximate surface area is 137 Å². The lowest BCUT2D eigenvalue weighted by Crippen LogP contribution is -2.39. The molecular weight excluding hydrogens is 335 g/mol. The minimum atomic E-state index is -4.10. The molecule has 124 valence electrons. The van der Waals surface area contributed by atoms with Crippen LogP contribution in [-0.2, 0) is 21.4 Å². The SMILES string of the molecule is NC(=O)C1=C(O)c2ccccc2S(=O)(=O)N1Cc1ccc(F)cc1. The van der Waals surface area contributed by atoms with E-state index in [0.29, 0.717) is 5.56 Å². The normalized spacial score (nSPS) is 16.0. The largest absolute Gasteiger partial charge is 0.505 e. The lowest BCUT2D eigenvalue weighted by Gasteiger charge is -2.30. The van der Waals surface area contributed by atoms with Gasteiger partial charge in [0.15, 0.2) is 11.5 Å². The van der Waals surface area contributed by atoms with Gasteiger partial charge in [-0.25, -0.2) is 12.8 Å². The second-order valence-electron chi connectivity index (χ2n) is 5.20. The molecule has 0 saturated heterocycles. The number of nitrogens with two attached hydrogens (primary N) is 1. The molecular formula is C16H13FN2O4S. The Morgan fingerprint density at radius 1 is 1.12 bits per heavy atom. The van der Waals surface area contributed by atoms with Crippen LogP contribution in [0.15, 0.2) is 59.1 Å². The molecule has 24 heavy (non-hydrogen) atoms. The van der Waals surface area contributed by atoms with Crippen molar-refractivity contribution < 1.29 is 22.7 Å². The Kier molecular flexibility index (Phi) is 3.76. The summed E-state index contributed by atoms with van der Waals surface area (Å²) in [5, 5.41) is 10.3. The van der Waals surface area contributed by atoms with Crippen molar-refractivity contribution in [3.63, 3.8) is 0 Å². The average molecular weight is 348 g/mol. The first-order chi connectivity index (χ1) is 11.3. The number of aliphatic hydroxyl groups is 1. The Bertz CT molecular complexity index is 952. The van der Waals surface area contributed by atoms with Gasteiger partial charge in [0.2, 0.25) is 0 Å². The summed E-state index contributed by atoms with van der Waals surface area (Å²) < 4.78 is 39.4. The van der Waals surface area contributed by atoms with E-state index >= 15 is 0 Å². The fourth-order valence-electron chi connectivity index (χ4n) is 2.53. The maximum Gasteiger partial charge on any atom is 0.269 e. The maximum absolute atomic E-state index is 13.0. The Balaban J connectivity index is 2.18. The van der Waals surface area contributed by atoms with E-state index in [0.717, 1.165) is 4.31 Å². The van der Waals surface area contributed by atoms with Crippen molar-refractivity contribution in [3.8, 4) is 0 Å². The summed E-state index contributed by atoms with van der Waals surface area (Å²) in [7, 11) is -4.10. The summed E-state index contributed by atoms with van der Waals surface area (Å²) in [5.74, 6) is -2.05. The molecule has 0 aromatic heterocycles. The van der Waals surface area contributed by atoms with E-state index in [1.807, 2.05) is 0 Å². The Morgan fingerprint density at radius 3 is 2.38 bits per heavy atom. The van der Waals surface area contributed by atoms with Crippen molar-refractivity contribution in [1.29, 1.82) is 0 Å². The number of benzene rings is 2. The number of hydrogen-bond donors (Lipinski definition) is 2. The number of sulfonamides is 1. The average Bonchev–Trinajstić information content (AvgIpc) is 2.54. The highest BCUT2D eigenvalue weighted by Gasteiger charge is 2.39. The van der Waals surface area contributed by atoms with Crippen LogP contribution in [0.1, 0.15) is 11.1 Å². The second-order valence-corrected chi connectivity index (χ2v) is 7.03. The highest BCUT2D eigenvalue weighted by molar-refractivity contribution is 7.89. The van der Waals surface area contributed by atoms with Gasteiger partial charge in [-0.2, -0.15) is 0 Å². The zero-order valence-electron chi connectivity index (χ0n) is 12.3. The van der Waals surface area contributed by atoms with E-state index < -0.39 is 33.2 Å². The molecule has 1 heterocycles. The van der Waals surface area contributed by atoms with Gasteiger partial charge in [0, 0.05) is 5.56 Å². The topological polar surface area (TPSA) is 101 Å². The molecule has 0 saturated carbocycles. The third-order valence-electron chi connectivity index (χ3n) is 3.66. The predicted molar refractivity (Wildman–Crippen MR) is 84.3 cm³/mol. The molecule has 1 aliphatic rings. The van der Waals surface area contributed by atoms with Crippen LogP contribution in [-0.4, -0.2) is 23.7 Å². The molecule has 8 heteroatoms. The number of aliphatic hydroxyl groups excluding tert-OH is 1. The van der Waals surface area contributed by atoms with E-state index in [1.54, 1.807) is 6.07 Å². The first kappa shape index (κ1) is 16.0. The molecule has 0 fully saturated rings. The van der Waals surface area contributed by atoms with Crippen molar-refractivity contribution in [2.24, 2.45) is 5.73 Å². The molecule has 1 aliphatic heterocycles. The van der Waals surface area contributed by atoms with Gasteiger partial charge in [-0.1, -0.05) is 24.3 Å². The van der Waals surface area contributed by atoms with Gasteiger partial charge in [-0.05, 0) is 29.8 Å². The zero-order valence-corrected chi connectivity index (χ0v) is 13.1. The maximum atomic E-state index is 13.0. The number of primary amides is 1. The molecule has 0 unspecified atom stereocenters. The molecule has 6 nitrogen and oxygen atoms in total. The van der Waals surface area contributed by atoms with Gasteiger partial charge >= 0.3 is 0 Å². The fraction of sp³-hybridized carbons (Fsp3) is 0.0625. The standard InChI is InChI=1S/C16H13FN2O4S/c17-11-7-5-10(6-8-11)9-19-14(16(18)21)15(20)12-3-1-2-4-13(12)24(19,22)23/h1-8,20H,9H2,(H2,18,21). The highest BCUT2D eigenvalue weighted by atomic mass is 32.2. The lowest BCUT2D eigenvalue weighted by atomic mass is 10.1. The van der Waals surface area contributed by atoms with Crippen LogP contribution in [0.5, 0.6) is 0 Å². The van der Waals surface area contributed by atoms with Gasteiger partial charge in [0.05, 0.1) is 11.4 Å². The van der Waals surface area contributed by atoms with Crippen LogP contribution in [0.25, 0.3) is 5.76 Å².